The Morgan fingerprint density at radius 1 is 1.25 bits per heavy atom. The molecule has 102 valence electrons. The van der Waals surface area contributed by atoms with Crippen molar-refractivity contribution >= 4 is 16.8 Å². The van der Waals surface area contributed by atoms with Gasteiger partial charge in [0.05, 0.1) is 11.3 Å². The summed E-state index contributed by atoms with van der Waals surface area (Å²) in [6.45, 7) is 5.75. The summed E-state index contributed by atoms with van der Waals surface area (Å²) in [6.07, 6.45) is 1.73. The number of aryl methyl sites for hydroxylation is 4. The highest BCUT2D eigenvalue weighted by molar-refractivity contribution is 6.11. The summed E-state index contributed by atoms with van der Waals surface area (Å²) in [6, 6.07) is 5.97. The first-order valence-corrected chi connectivity index (χ1v) is 6.52. The fourth-order valence-electron chi connectivity index (χ4n) is 2.49. The van der Waals surface area contributed by atoms with Crippen LogP contribution < -0.4 is 0 Å². The van der Waals surface area contributed by atoms with Crippen LogP contribution in [0.5, 0.6) is 0 Å². The van der Waals surface area contributed by atoms with Crippen molar-refractivity contribution in [1.29, 1.82) is 0 Å². The topological polar surface area (TPSA) is 48.0 Å². The molecule has 20 heavy (non-hydrogen) atoms. The Balaban J connectivity index is 2.17. The number of hydrogen-bond acceptors (Lipinski definition) is 3. The summed E-state index contributed by atoms with van der Waals surface area (Å²) >= 11 is 0. The van der Waals surface area contributed by atoms with E-state index >= 15 is 0 Å². The van der Waals surface area contributed by atoms with Crippen molar-refractivity contribution in [1.82, 2.24) is 9.78 Å². The standard InChI is InChI=1S/C16H16N2O2/c1-9-5-6-12-10(2)16(20-14(12)7-9)15(19)13-8-18(4)17-11(13)3/h5-8H,1-4H3. The summed E-state index contributed by atoms with van der Waals surface area (Å²) in [4.78, 5) is 12.6. The quantitative estimate of drug-likeness (QED) is 0.670. The Kier molecular flexibility index (Phi) is 2.74. The molecule has 0 amide bonds. The first-order valence-electron chi connectivity index (χ1n) is 6.52. The van der Waals surface area contributed by atoms with Crippen LogP contribution in [-0.4, -0.2) is 15.6 Å². The second-order valence-electron chi connectivity index (χ2n) is 5.19. The number of nitrogens with zero attached hydrogens (tertiary/aromatic N) is 2. The predicted molar refractivity (Wildman–Crippen MR) is 77.1 cm³/mol. The molecule has 0 bridgehead atoms. The second-order valence-corrected chi connectivity index (χ2v) is 5.19. The molecule has 0 saturated heterocycles. The van der Waals surface area contributed by atoms with E-state index in [4.69, 9.17) is 4.42 Å². The van der Waals surface area contributed by atoms with Gasteiger partial charge in [0.25, 0.3) is 0 Å². The lowest BCUT2D eigenvalue weighted by Crippen LogP contribution is -2.02. The van der Waals surface area contributed by atoms with Crippen LogP contribution in [0.3, 0.4) is 0 Å². The molecule has 3 aromatic rings. The lowest BCUT2D eigenvalue weighted by Gasteiger charge is -1.96. The van der Waals surface area contributed by atoms with Crippen molar-refractivity contribution in [3.05, 3.63) is 52.5 Å². The van der Waals surface area contributed by atoms with Crippen molar-refractivity contribution in [2.24, 2.45) is 7.05 Å². The van der Waals surface area contributed by atoms with Gasteiger partial charge in [-0.15, -0.1) is 0 Å². The minimum absolute atomic E-state index is 0.109. The van der Waals surface area contributed by atoms with Crippen LogP contribution in [0.4, 0.5) is 0 Å². The molecule has 0 aliphatic rings. The Bertz CT molecular complexity index is 824. The Morgan fingerprint density at radius 2 is 2.00 bits per heavy atom. The molecule has 4 heteroatoms. The van der Waals surface area contributed by atoms with E-state index in [9.17, 15) is 4.79 Å². The van der Waals surface area contributed by atoms with Crippen molar-refractivity contribution in [2.75, 3.05) is 0 Å². The number of aromatic nitrogens is 2. The maximum absolute atomic E-state index is 12.6. The average molecular weight is 268 g/mol. The highest BCUT2D eigenvalue weighted by atomic mass is 16.3. The summed E-state index contributed by atoms with van der Waals surface area (Å²) in [7, 11) is 1.80. The summed E-state index contributed by atoms with van der Waals surface area (Å²) in [5.74, 6) is 0.295. The van der Waals surface area contributed by atoms with E-state index in [2.05, 4.69) is 5.10 Å². The van der Waals surface area contributed by atoms with E-state index < -0.39 is 0 Å². The third kappa shape index (κ3) is 1.84. The van der Waals surface area contributed by atoms with Gasteiger partial charge in [-0.25, -0.2) is 0 Å². The maximum atomic E-state index is 12.6. The van der Waals surface area contributed by atoms with E-state index in [0.717, 1.165) is 22.1 Å². The zero-order valence-corrected chi connectivity index (χ0v) is 12.0. The lowest BCUT2D eigenvalue weighted by molar-refractivity contribution is 0.101. The second kappa shape index (κ2) is 4.34. The first kappa shape index (κ1) is 12.7. The maximum Gasteiger partial charge on any atom is 0.231 e. The smallest absolute Gasteiger partial charge is 0.231 e. The van der Waals surface area contributed by atoms with Crippen LogP contribution in [-0.2, 0) is 7.05 Å². The van der Waals surface area contributed by atoms with Crippen LogP contribution in [0.1, 0.15) is 32.9 Å². The molecule has 0 unspecified atom stereocenters. The molecule has 4 nitrogen and oxygen atoms in total. The van der Waals surface area contributed by atoms with Gasteiger partial charge in [-0.05, 0) is 32.4 Å². The predicted octanol–water partition coefficient (Wildman–Crippen LogP) is 3.32. The Labute approximate surface area is 117 Å². The molecule has 2 heterocycles. The molecular formula is C16H16N2O2. The third-order valence-electron chi connectivity index (χ3n) is 3.56. The molecule has 0 aliphatic heterocycles. The Hall–Kier alpha value is -2.36. The van der Waals surface area contributed by atoms with Gasteiger partial charge < -0.3 is 4.42 Å². The number of carbonyl (C=O) groups is 1. The van der Waals surface area contributed by atoms with Gasteiger partial charge in [0.1, 0.15) is 5.58 Å². The highest BCUT2D eigenvalue weighted by Crippen LogP contribution is 2.28. The molecule has 2 aromatic heterocycles. The number of fused-ring (bicyclic) bond motifs is 1. The van der Waals surface area contributed by atoms with E-state index in [-0.39, 0.29) is 5.78 Å². The molecule has 0 N–H and O–H groups in total. The zero-order chi connectivity index (χ0) is 14.4. The van der Waals surface area contributed by atoms with Crippen LogP contribution in [0.15, 0.2) is 28.8 Å². The van der Waals surface area contributed by atoms with Gasteiger partial charge >= 0.3 is 0 Å². The number of hydrogen-bond donors (Lipinski definition) is 0. The number of ketones is 1. The first-order chi connectivity index (χ1) is 9.47. The van der Waals surface area contributed by atoms with E-state index in [1.807, 2.05) is 39.0 Å². The number of benzene rings is 1. The van der Waals surface area contributed by atoms with Crippen molar-refractivity contribution < 1.29 is 9.21 Å². The highest BCUT2D eigenvalue weighted by Gasteiger charge is 2.22. The normalized spacial score (nSPS) is 11.2. The largest absolute Gasteiger partial charge is 0.452 e. The molecule has 0 saturated carbocycles. The van der Waals surface area contributed by atoms with Crippen molar-refractivity contribution in [3.63, 3.8) is 0 Å². The molecule has 0 aliphatic carbocycles. The van der Waals surface area contributed by atoms with E-state index in [1.165, 1.54) is 0 Å². The molecule has 0 spiro atoms. The van der Waals surface area contributed by atoms with Gasteiger partial charge in [-0.1, -0.05) is 12.1 Å². The zero-order valence-electron chi connectivity index (χ0n) is 12.0. The fourth-order valence-corrected chi connectivity index (χ4v) is 2.49. The van der Waals surface area contributed by atoms with Crippen LogP contribution in [0, 0.1) is 20.8 Å². The fraction of sp³-hybridized carbons (Fsp3) is 0.250. The monoisotopic (exact) mass is 268 g/mol. The Morgan fingerprint density at radius 3 is 2.65 bits per heavy atom. The van der Waals surface area contributed by atoms with Gasteiger partial charge in [0.15, 0.2) is 5.76 Å². The van der Waals surface area contributed by atoms with Gasteiger partial charge in [-0.3, -0.25) is 9.48 Å². The van der Waals surface area contributed by atoms with Crippen LogP contribution in [0.25, 0.3) is 11.0 Å². The molecule has 0 fully saturated rings. The lowest BCUT2D eigenvalue weighted by atomic mass is 10.1. The number of furan rings is 1. The van der Waals surface area contributed by atoms with Crippen molar-refractivity contribution in [2.45, 2.75) is 20.8 Å². The summed E-state index contributed by atoms with van der Waals surface area (Å²) < 4.78 is 7.42. The molecule has 0 radical (unpaired) electrons. The molecular weight excluding hydrogens is 252 g/mol. The van der Waals surface area contributed by atoms with E-state index in [0.29, 0.717) is 17.0 Å². The third-order valence-corrected chi connectivity index (χ3v) is 3.56. The van der Waals surface area contributed by atoms with Crippen LogP contribution in [0.2, 0.25) is 0 Å². The number of rotatable bonds is 2. The minimum Gasteiger partial charge on any atom is -0.452 e. The molecule has 3 rings (SSSR count). The number of carbonyl (C=O) groups excluding carboxylic acids is 1. The van der Waals surface area contributed by atoms with Crippen molar-refractivity contribution in [3.8, 4) is 0 Å². The van der Waals surface area contributed by atoms with E-state index in [1.54, 1.807) is 17.9 Å². The van der Waals surface area contributed by atoms with Gasteiger partial charge in [0, 0.05) is 24.2 Å². The van der Waals surface area contributed by atoms with Crippen LogP contribution >= 0.6 is 0 Å². The van der Waals surface area contributed by atoms with Gasteiger partial charge in [0.2, 0.25) is 5.78 Å². The minimum atomic E-state index is -0.109. The molecule has 1 aromatic carbocycles. The molecule has 0 atom stereocenters. The average Bonchev–Trinajstić information content (AvgIpc) is 2.89. The van der Waals surface area contributed by atoms with Gasteiger partial charge in [-0.2, -0.15) is 5.10 Å². The SMILES string of the molecule is Cc1ccc2c(C)c(C(=O)c3cn(C)nc3C)oc2c1. The summed E-state index contributed by atoms with van der Waals surface area (Å²) in [5.41, 5.74) is 4.06. The summed E-state index contributed by atoms with van der Waals surface area (Å²) in [5, 5.41) is 5.20.